The molecule has 0 saturated carbocycles. The molecule has 0 spiro atoms. The van der Waals surface area contributed by atoms with Gasteiger partial charge >= 0.3 is 11.7 Å². The Labute approximate surface area is 112 Å². The first-order valence-corrected chi connectivity index (χ1v) is 5.46. The fraction of sp³-hybridized carbons (Fsp3) is 0. The van der Waals surface area contributed by atoms with E-state index in [0.717, 1.165) is 12.1 Å². The molecule has 0 aliphatic heterocycles. The van der Waals surface area contributed by atoms with Crippen molar-refractivity contribution in [2.75, 3.05) is 0 Å². The van der Waals surface area contributed by atoms with Crippen LogP contribution in [0.5, 0.6) is 17.2 Å². The molecule has 2 rings (SSSR count). The number of aromatic hydroxyl groups is 1. The topological polar surface area (TPSA) is 110 Å². The van der Waals surface area contributed by atoms with E-state index in [4.69, 9.17) is 9.84 Å². The third kappa shape index (κ3) is 2.66. The molecule has 0 saturated heterocycles. The van der Waals surface area contributed by atoms with Gasteiger partial charge in [0.05, 0.1) is 4.92 Å². The molecule has 0 aliphatic rings. The SMILES string of the molecule is O=C(O)c1cc(Oc2ccccc2[N+](=O)[O-])ccc1O. The van der Waals surface area contributed by atoms with E-state index in [2.05, 4.69) is 0 Å². The molecule has 0 heterocycles. The number of carbonyl (C=O) groups is 1. The van der Waals surface area contributed by atoms with Gasteiger partial charge in [0.1, 0.15) is 17.1 Å². The first-order chi connectivity index (χ1) is 9.49. The highest BCUT2D eigenvalue weighted by Gasteiger charge is 2.16. The van der Waals surface area contributed by atoms with E-state index in [1.165, 1.54) is 24.3 Å². The Hall–Kier alpha value is -3.09. The number of nitro benzene ring substituents is 1. The van der Waals surface area contributed by atoms with E-state index < -0.39 is 16.6 Å². The van der Waals surface area contributed by atoms with Crippen molar-refractivity contribution in [3.63, 3.8) is 0 Å². The molecule has 0 fully saturated rings. The van der Waals surface area contributed by atoms with Crippen molar-refractivity contribution in [3.05, 3.63) is 58.1 Å². The first kappa shape index (κ1) is 13.3. The molecule has 0 aromatic heterocycles. The molecule has 0 atom stereocenters. The van der Waals surface area contributed by atoms with Crippen LogP contribution in [0.4, 0.5) is 5.69 Å². The molecule has 20 heavy (non-hydrogen) atoms. The van der Waals surface area contributed by atoms with Crippen molar-refractivity contribution in [1.82, 2.24) is 0 Å². The van der Waals surface area contributed by atoms with Gasteiger partial charge in [-0.2, -0.15) is 0 Å². The molecular formula is C13H9NO6. The van der Waals surface area contributed by atoms with Gasteiger partial charge in [-0.3, -0.25) is 10.1 Å². The van der Waals surface area contributed by atoms with Crippen LogP contribution in [-0.2, 0) is 0 Å². The lowest BCUT2D eigenvalue weighted by atomic mass is 10.2. The monoisotopic (exact) mass is 275 g/mol. The number of aromatic carboxylic acids is 1. The number of carboxylic acid groups (broad SMARTS) is 1. The van der Waals surface area contributed by atoms with Crippen molar-refractivity contribution in [2.24, 2.45) is 0 Å². The summed E-state index contributed by atoms with van der Waals surface area (Å²) in [7, 11) is 0. The molecule has 0 unspecified atom stereocenters. The van der Waals surface area contributed by atoms with Gasteiger partial charge in [-0.15, -0.1) is 0 Å². The van der Waals surface area contributed by atoms with Crippen LogP contribution in [0.2, 0.25) is 0 Å². The fourth-order valence-electron chi connectivity index (χ4n) is 1.57. The molecule has 7 nitrogen and oxygen atoms in total. The lowest BCUT2D eigenvalue weighted by Crippen LogP contribution is -1.98. The summed E-state index contributed by atoms with van der Waals surface area (Å²) in [5.74, 6) is -1.67. The predicted molar refractivity (Wildman–Crippen MR) is 68.2 cm³/mol. The number of nitro groups is 1. The normalized spacial score (nSPS) is 10.0. The van der Waals surface area contributed by atoms with E-state index in [1.807, 2.05) is 0 Å². The molecule has 0 amide bonds. The Morgan fingerprint density at radius 2 is 1.90 bits per heavy atom. The second-order valence-corrected chi connectivity index (χ2v) is 3.81. The van der Waals surface area contributed by atoms with Gasteiger partial charge in [0, 0.05) is 6.07 Å². The highest BCUT2D eigenvalue weighted by molar-refractivity contribution is 5.91. The first-order valence-electron chi connectivity index (χ1n) is 5.46. The van der Waals surface area contributed by atoms with Crippen molar-refractivity contribution >= 4 is 11.7 Å². The maximum atomic E-state index is 10.9. The summed E-state index contributed by atoms with van der Waals surface area (Å²) in [6.45, 7) is 0. The van der Waals surface area contributed by atoms with Gasteiger partial charge in [0.2, 0.25) is 5.75 Å². The van der Waals surface area contributed by atoms with Crippen molar-refractivity contribution in [3.8, 4) is 17.2 Å². The summed E-state index contributed by atoms with van der Waals surface area (Å²) in [5, 5.41) is 29.1. The number of phenols is 1. The largest absolute Gasteiger partial charge is 0.507 e. The van der Waals surface area contributed by atoms with E-state index >= 15 is 0 Å². The quantitative estimate of drug-likeness (QED) is 0.655. The third-order valence-corrected chi connectivity index (χ3v) is 2.49. The summed E-state index contributed by atoms with van der Waals surface area (Å²) in [6.07, 6.45) is 0. The number of hydrogen-bond donors (Lipinski definition) is 2. The fourth-order valence-corrected chi connectivity index (χ4v) is 1.57. The van der Waals surface area contributed by atoms with Crippen LogP contribution in [0.15, 0.2) is 42.5 Å². The Morgan fingerprint density at radius 1 is 1.20 bits per heavy atom. The van der Waals surface area contributed by atoms with Crippen LogP contribution in [0.3, 0.4) is 0 Å². The maximum absolute atomic E-state index is 10.9. The molecule has 2 aromatic carbocycles. The number of ether oxygens (including phenoxy) is 1. The smallest absolute Gasteiger partial charge is 0.339 e. The van der Waals surface area contributed by atoms with Crippen LogP contribution in [0, 0.1) is 10.1 Å². The zero-order chi connectivity index (χ0) is 14.7. The number of carboxylic acids is 1. The number of hydrogen-bond acceptors (Lipinski definition) is 5. The highest BCUT2D eigenvalue weighted by atomic mass is 16.6. The van der Waals surface area contributed by atoms with Crippen LogP contribution in [-0.4, -0.2) is 21.1 Å². The van der Waals surface area contributed by atoms with E-state index in [9.17, 15) is 20.0 Å². The minimum atomic E-state index is -1.32. The molecule has 0 bridgehead atoms. The summed E-state index contributed by atoms with van der Waals surface area (Å²) in [6, 6.07) is 9.27. The van der Waals surface area contributed by atoms with Crippen molar-refractivity contribution < 1.29 is 24.7 Å². The lowest BCUT2D eigenvalue weighted by Gasteiger charge is -2.07. The number of benzene rings is 2. The van der Waals surface area contributed by atoms with Crippen LogP contribution in [0.1, 0.15) is 10.4 Å². The number of nitrogens with zero attached hydrogens (tertiary/aromatic N) is 1. The molecule has 0 aliphatic carbocycles. The maximum Gasteiger partial charge on any atom is 0.339 e. The lowest BCUT2D eigenvalue weighted by molar-refractivity contribution is -0.385. The number of para-hydroxylation sites is 2. The average Bonchev–Trinajstić information content (AvgIpc) is 2.41. The van der Waals surface area contributed by atoms with Crippen LogP contribution >= 0.6 is 0 Å². The third-order valence-electron chi connectivity index (χ3n) is 2.49. The zero-order valence-corrected chi connectivity index (χ0v) is 10.0. The Morgan fingerprint density at radius 3 is 2.55 bits per heavy atom. The minimum Gasteiger partial charge on any atom is -0.507 e. The van der Waals surface area contributed by atoms with Crippen molar-refractivity contribution in [1.29, 1.82) is 0 Å². The van der Waals surface area contributed by atoms with Gasteiger partial charge in [0.15, 0.2) is 0 Å². The average molecular weight is 275 g/mol. The predicted octanol–water partition coefficient (Wildman–Crippen LogP) is 2.79. The van der Waals surface area contributed by atoms with Gasteiger partial charge in [0.25, 0.3) is 0 Å². The van der Waals surface area contributed by atoms with Gasteiger partial charge in [-0.05, 0) is 24.3 Å². The summed E-state index contributed by atoms with van der Waals surface area (Å²) >= 11 is 0. The van der Waals surface area contributed by atoms with E-state index in [-0.39, 0.29) is 22.7 Å². The Bertz CT molecular complexity index is 682. The standard InChI is InChI=1S/C13H9NO6/c15-11-6-5-8(7-9(11)13(16)17)20-12-4-2-1-3-10(12)14(18)19/h1-7,15H,(H,16,17). The molecular weight excluding hydrogens is 266 g/mol. The molecule has 2 N–H and O–H groups in total. The second-order valence-electron chi connectivity index (χ2n) is 3.81. The van der Waals surface area contributed by atoms with Gasteiger partial charge in [-0.1, -0.05) is 12.1 Å². The molecule has 2 aromatic rings. The second kappa shape index (κ2) is 5.27. The van der Waals surface area contributed by atoms with Crippen molar-refractivity contribution in [2.45, 2.75) is 0 Å². The van der Waals surface area contributed by atoms with E-state index in [1.54, 1.807) is 6.07 Å². The van der Waals surface area contributed by atoms with Gasteiger partial charge < -0.3 is 14.9 Å². The highest BCUT2D eigenvalue weighted by Crippen LogP contribution is 2.32. The Balaban J connectivity index is 2.38. The molecule has 102 valence electrons. The minimum absolute atomic E-state index is 0.0143. The molecule has 0 radical (unpaired) electrons. The van der Waals surface area contributed by atoms with Crippen LogP contribution < -0.4 is 4.74 Å². The Kier molecular flexibility index (Phi) is 3.52. The summed E-state index contributed by atoms with van der Waals surface area (Å²) < 4.78 is 5.30. The van der Waals surface area contributed by atoms with Crippen LogP contribution in [0.25, 0.3) is 0 Å². The zero-order valence-electron chi connectivity index (χ0n) is 10.0. The van der Waals surface area contributed by atoms with Gasteiger partial charge in [-0.25, -0.2) is 4.79 Å². The summed E-state index contributed by atoms with van der Waals surface area (Å²) in [5.41, 5.74) is -0.585. The summed E-state index contributed by atoms with van der Waals surface area (Å²) in [4.78, 5) is 21.1. The number of rotatable bonds is 4. The van der Waals surface area contributed by atoms with E-state index in [0.29, 0.717) is 0 Å². The molecule has 7 heteroatoms.